The molecule has 0 bridgehead atoms. The number of ether oxygens (including phenoxy) is 1. The molecule has 0 aliphatic carbocycles. The van der Waals surface area contributed by atoms with Crippen LogP contribution in [0.15, 0.2) is 78.9 Å². The van der Waals surface area contributed by atoms with E-state index < -0.39 is 0 Å². The summed E-state index contributed by atoms with van der Waals surface area (Å²) in [7, 11) is 1.70. The van der Waals surface area contributed by atoms with Crippen molar-refractivity contribution in [1.82, 2.24) is 0 Å². The van der Waals surface area contributed by atoms with Gasteiger partial charge in [0, 0.05) is 11.5 Å². The van der Waals surface area contributed by atoms with Gasteiger partial charge in [-0.3, -0.25) is 0 Å². The molecule has 0 aliphatic rings. The number of nitrogens with one attached hydrogen (secondary N) is 2. The Labute approximate surface area is 140 Å². The quantitative estimate of drug-likeness (QED) is 0.492. The minimum atomic E-state index is 0.857. The van der Waals surface area contributed by atoms with E-state index in [0.717, 1.165) is 27.9 Å². The maximum absolute atomic E-state index is 5.51. The van der Waals surface area contributed by atoms with Gasteiger partial charge in [-0.1, -0.05) is 54.6 Å². The van der Waals surface area contributed by atoms with Crippen LogP contribution in [0.5, 0.6) is 5.75 Å². The summed E-state index contributed by atoms with van der Waals surface area (Å²) in [4.78, 5) is 0. The van der Waals surface area contributed by atoms with Gasteiger partial charge in [-0.15, -0.1) is 0 Å². The minimum Gasteiger partial charge on any atom is -0.496 e. The molecule has 0 heterocycles. The highest BCUT2D eigenvalue weighted by atomic mass is 16.5. The van der Waals surface area contributed by atoms with E-state index in [1.54, 1.807) is 7.11 Å². The van der Waals surface area contributed by atoms with Crippen LogP contribution in [-0.4, -0.2) is 7.11 Å². The molecule has 0 aromatic heterocycles. The first kappa shape index (κ1) is 14.4. The third-order valence-electron chi connectivity index (χ3n) is 4.14. The fraction of sp³-hybridized carbons (Fsp3) is 0.0476. The zero-order valence-corrected chi connectivity index (χ0v) is 13.4. The summed E-state index contributed by atoms with van der Waals surface area (Å²) in [6.45, 7) is 0. The number of methoxy groups -OCH3 is 1. The van der Waals surface area contributed by atoms with Crippen molar-refractivity contribution in [2.45, 2.75) is 0 Å². The average molecular weight is 314 g/mol. The van der Waals surface area contributed by atoms with E-state index in [1.165, 1.54) is 10.8 Å². The van der Waals surface area contributed by atoms with Crippen LogP contribution < -0.4 is 15.6 Å². The monoisotopic (exact) mass is 314 g/mol. The molecule has 0 aliphatic heterocycles. The number of hydrazine groups is 1. The lowest BCUT2D eigenvalue weighted by Gasteiger charge is -2.13. The fourth-order valence-corrected chi connectivity index (χ4v) is 2.93. The van der Waals surface area contributed by atoms with E-state index in [2.05, 4.69) is 65.4 Å². The van der Waals surface area contributed by atoms with E-state index >= 15 is 0 Å². The van der Waals surface area contributed by atoms with Gasteiger partial charge in [-0.05, 0) is 34.4 Å². The number of rotatable bonds is 4. The molecule has 24 heavy (non-hydrogen) atoms. The molecular weight excluding hydrogens is 296 g/mol. The van der Waals surface area contributed by atoms with E-state index in [-0.39, 0.29) is 0 Å². The van der Waals surface area contributed by atoms with Crippen molar-refractivity contribution >= 4 is 32.9 Å². The summed E-state index contributed by atoms with van der Waals surface area (Å²) >= 11 is 0. The zero-order valence-electron chi connectivity index (χ0n) is 13.4. The van der Waals surface area contributed by atoms with Crippen molar-refractivity contribution in [3.8, 4) is 5.75 Å². The smallest absolute Gasteiger partial charge is 0.128 e. The van der Waals surface area contributed by atoms with Crippen LogP contribution in [0.1, 0.15) is 0 Å². The highest BCUT2D eigenvalue weighted by molar-refractivity contribution is 5.92. The lowest BCUT2D eigenvalue weighted by atomic mass is 10.1. The highest BCUT2D eigenvalue weighted by Crippen LogP contribution is 2.30. The van der Waals surface area contributed by atoms with Crippen LogP contribution >= 0.6 is 0 Å². The molecule has 0 unspecified atom stereocenters. The predicted octanol–water partition coefficient (Wildman–Crippen LogP) is 5.44. The van der Waals surface area contributed by atoms with Crippen molar-refractivity contribution in [3.63, 3.8) is 0 Å². The van der Waals surface area contributed by atoms with E-state index in [4.69, 9.17) is 4.74 Å². The summed E-state index contributed by atoms with van der Waals surface area (Å²) in [6.07, 6.45) is 0. The fourth-order valence-electron chi connectivity index (χ4n) is 2.93. The third-order valence-corrected chi connectivity index (χ3v) is 4.14. The van der Waals surface area contributed by atoms with Gasteiger partial charge in [0.25, 0.3) is 0 Å². The first-order valence-corrected chi connectivity index (χ1v) is 7.91. The molecule has 4 rings (SSSR count). The first-order valence-electron chi connectivity index (χ1n) is 7.91. The SMILES string of the molecule is COc1cc(NNc2ccc3ccccc3c2)cc2ccccc12. The van der Waals surface area contributed by atoms with Crippen LogP contribution in [0.4, 0.5) is 11.4 Å². The Balaban J connectivity index is 1.61. The molecular formula is C21H18N2O. The molecule has 0 saturated carbocycles. The summed E-state index contributed by atoms with van der Waals surface area (Å²) < 4.78 is 5.51. The maximum atomic E-state index is 5.51. The molecule has 3 nitrogen and oxygen atoms in total. The molecule has 3 heteroatoms. The predicted molar refractivity (Wildman–Crippen MR) is 102 cm³/mol. The van der Waals surface area contributed by atoms with Crippen LogP contribution in [0, 0.1) is 0 Å². The Morgan fingerprint density at radius 3 is 2.12 bits per heavy atom. The van der Waals surface area contributed by atoms with Gasteiger partial charge < -0.3 is 15.6 Å². The summed E-state index contributed by atoms with van der Waals surface area (Å²) in [5.41, 5.74) is 8.50. The van der Waals surface area contributed by atoms with Gasteiger partial charge in [0.2, 0.25) is 0 Å². The van der Waals surface area contributed by atoms with Crippen molar-refractivity contribution in [2.75, 3.05) is 18.0 Å². The average Bonchev–Trinajstić information content (AvgIpc) is 2.65. The molecule has 2 N–H and O–H groups in total. The van der Waals surface area contributed by atoms with Crippen LogP contribution in [0.25, 0.3) is 21.5 Å². The molecule has 0 radical (unpaired) electrons. The Morgan fingerprint density at radius 1 is 0.625 bits per heavy atom. The van der Waals surface area contributed by atoms with Gasteiger partial charge in [0.05, 0.1) is 18.5 Å². The van der Waals surface area contributed by atoms with Crippen molar-refractivity contribution in [1.29, 1.82) is 0 Å². The molecule has 0 saturated heterocycles. The molecule has 0 amide bonds. The first-order chi connectivity index (χ1) is 11.8. The number of fused-ring (bicyclic) bond motifs is 2. The minimum absolute atomic E-state index is 0.857. The Bertz CT molecular complexity index is 1010. The summed E-state index contributed by atoms with van der Waals surface area (Å²) in [5.74, 6) is 0.857. The third kappa shape index (κ3) is 2.72. The van der Waals surface area contributed by atoms with E-state index in [9.17, 15) is 0 Å². The summed E-state index contributed by atoms with van der Waals surface area (Å²) in [6, 6.07) is 26.9. The van der Waals surface area contributed by atoms with Gasteiger partial charge in [-0.2, -0.15) is 0 Å². The molecule has 0 spiro atoms. The van der Waals surface area contributed by atoms with Gasteiger partial charge in [-0.25, -0.2) is 0 Å². The largest absolute Gasteiger partial charge is 0.496 e. The normalized spacial score (nSPS) is 10.7. The molecule has 4 aromatic rings. The lowest BCUT2D eigenvalue weighted by Crippen LogP contribution is -2.08. The maximum Gasteiger partial charge on any atom is 0.128 e. The molecule has 118 valence electrons. The number of anilines is 2. The van der Waals surface area contributed by atoms with E-state index in [0.29, 0.717) is 0 Å². The van der Waals surface area contributed by atoms with Gasteiger partial charge in [0.1, 0.15) is 5.75 Å². The zero-order chi connectivity index (χ0) is 16.4. The molecule has 4 aromatic carbocycles. The topological polar surface area (TPSA) is 33.3 Å². The van der Waals surface area contributed by atoms with Crippen LogP contribution in [0.2, 0.25) is 0 Å². The number of hydrogen-bond donors (Lipinski definition) is 2. The summed E-state index contributed by atoms with van der Waals surface area (Å²) in [5, 5.41) is 4.69. The standard InChI is InChI=1S/C21H18N2O/c1-24-21-14-19(13-17-8-4-5-9-20(17)21)23-22-18-11-10-15-6-2-3-7-16(15)12-18/h2-14,22-23H,1H3. The second-order valence-electron chi connectivity index (χ2n) is 5.71. The molecule has 0 fully saturated rings. The Hall–Kier alpha value is -3.20. The highest BCUT2D eigenvalue weighted by Gasteiger charge is 2.04. The van der Waals surface area contributed by atoms with E-state index in [1.807, 2.05) is 24.3 Å². The Morgan fingerprint density at radius 2 is 1.29 bits per heavy atom. The number of benzene rings is 4. The van der Waals surface area contributed by atoms with Crippen LogP contribution in [-0.2, 0) is 0 Å². The second-order valence-corrected chi connectivity index (χ2v) is 5.71. The second kappa shape index (κ2) is 6.13. The lowest BCUT2D eigenvalue weighted by molar-refractivity contribution is 0.420. The van der Waals surface area contributed by atoms with Crippen molar-refractivity contribution in [3.05, 3.63) is 78.9 Å². The van der Waals surface area contributed by atoms with Crippen molar-refractivity contribution < 1.29 is 4.74 Å². The molecule has 0 atom stereocenters. The Kier molecular flexibility index (Phi) is 3.67. The van der Waals surface area contributed by atoms with Gasteiger partial charge >= 0.3 is 0 Å². The van der Waals surface area contributed by atoms with Crippen molar-refractivity contribution in [2.24, 2.45) is 0 Å². The van der Waals surface area contributed by atoms with Gasteiger partial charge in [0.15, 0.2) is 0 Å². The van der Waals surface area contributed by atoms with Crippen LogP contribution in [0.3, 0.4) is 0 Å². The number of hydrogen-bond acceptors (Lipinski definition) is 3.